The van der Waals surface area contributed by atoms with E-state index in [4.69, 9.17) is 0 Å². The molecule has 0 saturated carbocycles. The fourth-order valence-electron chi connectivity index (χ4n) is 2.41. The van der Waals surface area contributed by atoms with Crippen LogP contribution in [0.3, 0.4) is 0 Å². The number of hydrogen-bond acceptors (Lipinski definition) is 3. The van der Waals surface area contributed by atoms with Gasteiger partial charge in [0.1, 0.15) is 0 Å². The van der Waals surface area contributed by atoms with Crippen LogP contribution in [0.4, 0.5) is 0 Å². The molecular formula is C14H31N3. The van der Waals surface area contributed by atoms with Crippen LogP contribution in [0.2, 0.25) is 0 Å². The summed E-state index contributed by atoms with van der Waals surface area (Å²) in [5.74, 6) is 1.51. The fourth-order valence-corrected chi connectivity index (χ4v) is 2.41. The van der Waals surface area contributed by atoms with Gasteiger partial charge < -0.3 is 15.1 Å². The molecule has 1 N–H and O–H groups in total. The summed E-state index contributed by atoms with van der Waals surface area (Å²) in [5, 5.41) is 3.56. The number of hydrogen-bond donors (Lipinski definition) is 1. The van der Waals surface area contributed by atoms with E-state index in [-0.39, 0.29) is 0 Å². The summed E-state index contributed by atoms with van der Waals surface area (Å²) in [6, 6.07) is 0.708. The quantitative estimate of drug-likeness (QED) is 0.760. The number of rotatable bonds is 6. The molecule has 1 heterocycles. The lowest BCUT2D eigenvalue weighted by atomic mass is 10.1. The van der Waals surface area contributed by atoms with Crippen molar-refractivity contribution in [2.45, 2.75) is 33.7 Å². The first kappa shape index (κ1) is 14.9. The molecule has 17 heavy (non-hydrogen) atoms. The van der Waals surface area contributed by atoms with Crippen LogP contribution in [0.5, 0.6) is 0 Å². The van der Waals surface area contributed by atoms with E-state index in [0.29, 0.717) is 6.04 Å². The Kier molecular flexibility index (Phi) is 6.45. The Hall–Kier alpha value is -0.120. The first-order valence-electron chi connectivity index (χ1n) is 7.12. The second kappa shape index (κ2) is 7.34. The van der Waals surface area contributed by atoms with E-state index < -0.39 is 0 Å². The fraction of sp³-hybridized carbons (Fsp3) is 1.00. The zero-order chi connectivity index (χ0) is 12.8. The maximum absolute atomic E-state index is 3.56. The van der Waals surface area contributed by atoms with Gasteiger partial charge in [-0.3, -0.25) is 0 Å². The third-order valence-corrected chi connectivity index (χ3v) is 3.66. The van der Waals surface area contributed by atoms with Crippen LogP contribution in [0.25, 0.3) is 0 Å². The molecule has 0 aliphatic carbocycles. The normalized spacial score (nSPS) is 25.4. The summed E-state index contributed by atoms with van der Waals surface area (Å²) < 4.78 is 0. The summed E-state index contributed by atoms with van der Waals surface area (Å²) in [7, 11) is 2.23. The van der Waals surface area contributed by atoms with Crippen molar-refractivity contribution in [3.05, 3.63) is 0 Å². The van der Waals surface area contributed by atoms with Gasteiger partial charge in [0, 0.05) is 32.2 Å². The maximum Gasteiger partial charge on any atom is 0.0192 e. The van der Waals surface area contributed by atoms with Crippen LogP contribution in [-0.2, 0) is 0 Å². The van der Waals surface area contributed by atoms with Crippen molar-refractivity contribution in [3.63, 3.8) is 0 Å². The van der Waals surface area contributed by atoms with Gasteiger partial charge in [-0.05, 0) is 38.9 Å². The van der Waals surface area contributed by atoms with Crippen LogP contribution in [0, 0.1) is 11.8 Å². The van der Waals surface area contributed by atoms with Crippen LogP contribution < -0.4 is 5.32 Å². The molecular weight excluding hydrogens is 210 g/mol. The third kappa shape index (κ3) is 5.84. The van der Waals surface area contributed by atoms with Gasteiger partial charge in [0.25, 0.3) is 0 Å². The summed E-state index contributed by atoms with van der Waals surface area (Å²) in [5.41, 5.74) is 0. The summed E-state index contributed by atoms with van der Waals surface area (Å²) in [6.07, 6.45) is 0. The smallest absolute Gasteiger partial charge is 0.0192 e. The highest BCUT2D eigenvalue weighted by molar-refractivity contribution is 4.78. The third-order valence-electron chi connectivity index (χ3n) is 3.66. The van der Waals surface area contributed by atoms with E-state index >= 15 is 0 Å². The number of nitrogens with one attached hydrogen (secondary N) is 1. The van der Waals surface area contributed by atoms with Crippen molar-refractivity contribution < 1.29 is 0 Å². The van der Waals surface area contributed by atoms with Gasteiger partial charge in [-0.2, -0.15) is 0 Å². The largest absolute Gasteiger partial charge is 0.316 e. The molecule has 1 saturated heterocycles. The molecule has 0 spiro atoms. The van der Waals surface area contributed by atoms with Crippen molar-refractivity contribution in [1.82, 2.24) is 15.1 Å². The second-order valence-corrected chi connectivity index (χ2v) is 6.25. The minimum absolute atomic E-state index is 0.708. The van der Waals surface area contributed by atoms with Crippen molar-refractivity contribution in [2.75, 3.05) is 46.3 Å². The zero-order valence-corrected chi connectivity index (χ0v) is 12.4. The highest BCUT2D eigenvalue weighted by atomic mass is 15.3. The molecule has 0 radical (unpaired) electrons. The average molecular weight is 241 g/mol. The Morgan fingerprint density at radius 2 is 1.88 bits per heavy atom. The predicted octanol–water partition coefficient (Wildman–Crippen LogP) is 1.50. The molecule has 1 aliphatic heterocycles. The van der Waals surface area contributed by atoms with E-state index in [0.717, 1.165) is 24.9 Å². The highest BCUT2D eigenvalue weighted by Gasteiger charge is 2.21. The van der Waals surface area contributed by atoms with Crippen molar-refractivity contribution in [1.29, 1.82) is 0 Å². The number of likely N-dealkylation sites (N-methyl/N-ethyl adjacent to an activating group) is 1. The van der Waals surface area contributed by atoms with E-state index in [9.17, 15) is 0 Å². The lowest BCUT2D eigenvalue weighted by molar-refractivity contribution is 0.0941. The van der Waals surface area contributed by atoms with Crippen LogP contribution in [0.1, 0.15) is 27.7 Å². The van der Waals surface area contributed by atoms with E-state index in [1.54, 1.807) is 0 Å². The summed E-state index contributed by atoms with van der Waals surface area (Å²) in [6.45, 7) is 16.4. The molecule has 0 amide bonds. The monoisotopic (exact) mass is 241 g/mol. The summed E-state index contributed by atoms with van der Waals surface area (Å²) in [4.78, 5) is 5.07. The molecule has 0 aromatic heterocycles. The predicted molar refractivity (Wildman–Crippen MR) is 75.4 cm³/mol. The molecule has 1 rings (SSSR count). The van der Waals surface area contributed by atoms with Crippen LogP contribution >= 0.6 is 0 Å². The number of nitrogens with zero attached hydrogens (tertiary/aromatic N) is 2. The average Bonchev–Trinajstić information content (AvgIpc) is 2.23. The molecule has 0 aromatic rings. The molecule has 3 heteroatoms. The number of piperazine rings is 1. The van der Waals surface area contributed by atoms with Crippen LogP contribution in [-0.4, -0.2) is 62.2 Å². The first-order valence-corrected chi connectivity index (χ1v) is 7.12. The highest BCUT2D eigenvalue weighted by Crippen LogP contribution is 2.09. The SMILES string of the molecule is CC(C)CNCC(C)CN1CCN(C)C(C)C1. The minimum Gasteiger partial charge on any atom is -0.316 e. The molecule has 3 nitrogen and oxygen atoms in total. The van der Waals surface area contributed by atoms with Gasteiger partial charge in [-0.25, -0.2) is 0 Å². The Bertz CT molecular complexity index is 206. The second-order valence-electron chi connectivity index (χ2n) is 6.25. The Morgan fingerprint density at radius 3 is 2.47 bits per heavy atom. The zero-order valence-electron chi connectivity index (χ0n) is 12.4. The molecule has 2 unspecified atom stereocenters. The Morgan fingerprint density at radius 1 is 1.18 bits per heavy atom. The lowest BCUT2D eigenvalue weighted by Gasteiger charge is -2.38. The molecule has 1 fully saturated rings. The topological polar surface area (TPSA) is 18.5 Å². The van der Waals surface area contributed by atoms with Crippen molar-refractivity contribution >= 4 is 0 Å². The molecule has 2 atom stereocenters. The standard InChI is InChI=1S/C14H31N3/c1-12(2)8-15-9-13(3)10-17-7-6-16(5)14(4)11-17/h12-15H,6-11H2,1-5H3. The van der Waals surface area contributed by atoms with E-state index in [1.165, 1.54) is 26.2 Å². The minimum atomic E-state index is 0.708. The van der Waals surface area contributed by atoms with Crippen molar-refractivity contribution in [2.24, 2.45) is 11.8 Å². The first-order chi connectivity index (χ1) is 7.99. The molecule has 0 bridgehead atoms. The van der Waals surface area contributed by atoms with Gasteiger partial charge in [-0.15, -0.1) is 0 Å². The van der Waals surface area contributed by atoms with Gasteiger partial charge in [-0.1, -0.05) is 20.8 Å². The van der Waals surface area contributed by atoms with E-state index in [2.05, 4.69) is 49.9 Å². The molecule has 102 valence electrons. The maximum atomic E-state index is 3.56. The van der Waals surface area contributed by atoms with Gasteiger partial charge >= 0.3 is 0 Å². The molecule has 0 aromatic carbocycles. The lowest BCUT2D eigenvalue weighted by Crippen LogP contribution is -2.51. The van der Waals surface area contributed by atoms with E-state index in [1.807, 2.05) is 0 Å². The molecule has 1 aliphatic rings. The Labute approximate surface area is 108 Å². The van der Waals surface area contributed by atoms with Gasteiger partial charge in [0.15, 0.2) is 0 Å². The van der Waals surface area contributed by atoms with Gasteiger partial charge in [0.2, 0.25) is 0 Å². The Balaban J connectivity index is 2.15. The van der Waals surface area contributed by atoms with Crippen LogP contribution in [0.15, 0.2) is 0 Å². The summed E-state index contributed by atoms with van der Waals surface area (Å²) >= 11 is 0. The van der Waals surface area contributed by atoms with Crippen molar-refractivity contribution in [3.8, 4) is 0 Å². The van der Waals surface area contributed by atoms with Gasteiger partial charge in [0.05, 0.1) is 0 Å².